The van der Waals surface area contributed by atoms with Crippen LogP contribution < -0.4 is 15.0 Å². The summed E-state index contributed by atoms with van der Waals surface area (Å²) in [5.41, 5.74) is 1.55. The first-order valence-electron chi connectivity index (χ1n) is 7.99. The predicted molar refractivity (Wildman–Crippen MR) is 110 cm³/mol. The van der Waals surface area contributed by atoms with Gasteiger partial charge in [-0.15, -0.1) is 0 Å². The van der Waals surface area contributed by atoms with Gasteiger partial charge in [0.05, 0.1) is 16.4 Å². The van der Waals surface area contributed by atoms with Gasteiger partial charge in [-0.25, -0.2) is 0 Å². The second-order valence-electron chi connectivity index (χ2n) is 5.69. The number of hydrogen-bond acceptors (Lipinski definition) is 4. The number of amides is 1. The van der Waals surface area contributed by atoms with Crippen molar-refractivity contribution in [2.24, 2.45) is 4.99 Å². The van der Waals surface area contributed by atoms with Crippen molar-refractivity contribution in [3.63, 3.8) is 0 Å². The number of aliphatic imine (C=N–C) groups is 1. The first-order chi connectivity index (χ1) is 12.7. The lowest BCUT2D eigenvalue weighted by Gasteiger charge is -2.19. The van der Waals surface area contributed by atoms with E-state index in [0.29, 0.717) is 5.69 Å². The van der Waals surface area contributed by atoms with Gasteiger partial charge in [-0.2, -0.15) is 0 Å². The molecule has 142 valence electrons. The van der Waals surface area contributed by atoms with Crippen LogP contribution in [-0.2, 0) is 4.79 Å². The Morgan fingerprint density at radius 1 is 1.11 bits per heavy atom. The third-order valence-corrected chi connectivity index (χ3v) is 4.32. The number of anilines is 2. The number of carbonyl (C=O) groups is 2. The molecule has 0 spiro atoms. The smallest absolute Gasteiger partial charge is 0.308 e. The van der Waals surface area contributed by atoms with Gasteiger partial charge < -0.3 is 15.0 Å². The van der Waals surface area contributed by atoms with Gasteiger partial charge in [0, 0.05) is 37.4 Å². The molecule has 0 aromatic heterocycles. The van der Waals surface area contributed by atoms with E-state index in [0.717, 1.165) is 11.5 Å². The molecule has 2 aromatic carbocycles. The van der Waals surface area contributed by atoms with Crippen molar-refractivity contribution in [1.82, 2.24) is 0 Å². The molecule has 0 aliphatic carbocycles. The Morgan fingerprint density at radius 3 is 2.30 bits per heavy atom. The second kappa shape index (κ2) is 8.88. The number of rotatable bonds is 4. The van der Waals surface area contributed by atoms with Gasteiger partial charge in [-0.05, 0) is 43.3 Å². The van der Waals surface area contributed by atoms with Crippen LogP contribution in [0.25, 0.3) is 0 Å². The summed E-state index contributed by atoms with van der Waals surface area (Å²) < 4.78 is 5.07. The Morgan fingerprint density at radius 2 is 1.74 bits per heavy atom. The number of amidine groups is 1. The molecule has 0 fully saturated rings. The van der Waals surface area contributed by atoms with E-state index >= 15 is 0 Å². The molecule has 2 rings (SSSR count). The molecule has 0 aliphatic rings. The lowest BCUT2D eigenvalue weighted by Crippen LogP contribution is -2.23. The molecule has 0 saturated carbocycles. The lowest BCUT2D eigenvalue weighted by atomic mass is 10.1. The molecule has 1 amide bonds. The van der Waals surface area contributed by atoms with Crippen LogP contribution in [0.1, 0.15) is 24.2 Å². The molecular weight excluding hydrogens is 389 g/mol. The number of carbonyl (C=O) groups excluding carboxylic acids is 2. The Hall–Kier alpha value is -2.57. The lowest BCUT2D eigenvalue weighted by molar-refractivity contribution is -0.131. The summed E-state index contributed by atoms with van der Waals surface area (Å²) in [6, 6.07) is 10.0. The summed E-state index contributed by atoms with van der Waals surface area (Å²) in [6.45, 7) is 3.12. The molecule has 0 heterocycles. The van der Waals surface area contributed by atoms with E-state index in [-0.39, 0.29) is 21.4 Å². The van der Waals surface area contributed by atoms with Crippen LogP contribution in [0, 0.1) is 0 Å². The van der Waals surface area contributed by atoms with E-state index < -0.39 is 11.9 Å². The fourth-order valence-electron chi connectivity index (χ4n) is 2.28. The number of halogens is 2. The van der Waals surface area contributed by atoms with E-state index in [1.807, 2.05) is 31.0 Å². The average Bonchev–Trinajstić information content (AvgIpc) is 2.62. The average molecular weight is 408 g/mol. The van der Waals surface area contributed by atoms with Gasteiger partial charge in [0.15, 0.2) is 5.75 Å². The summed E-state index contributed by atoms with van der Waals surface area (Å²) in [4.78, 5) is 30.0. The van der Waals surface area contributed by atoms with Crippen LogP contribution in [0.4, 0.5) is 11.4 Å². The number of nitrogens with zero attached hydrogens (tertiary/aromatic N) is 2. The third-order valence-electron chi connectivity index (χ3n) is 3.82. The minimum atomic E-state index is -0.589. The highest BCUT2D eigenvalue weighted by Gasteiger charge is 2.19. The minimum Gasteiger partial charge on any atom is -0.424 e. The van der Waals surface area contributed by atoms with Gasteiger partial charge in [0.25, 0.3) is 5.91 Å². The van der Waals surface area contributed by atoms with Crippen molar-refractivity contribution in [3.05, 3.63) is 52.0 Å². The Kier molecular flexibility index (Phi) is 6.82. The largest absolute Gasteiger partial charge is 0.424 e. The van der Waals surface area contributed by atoms with E-state index in [4.69, 9.17) is 27.9 Å². The van der Waals surface area contributed by atoms with Crippen molar-refractivity contribution < 1.29 is 14.3 Å². The maximum Gasteiger partial charge on any atom is 0.308 e. The van der Waals surface area contributed by atoms with Crippen LogP contribution in [0.3, 0.4) is 0 Å². The van der Waals surface area contributed by atoms with Gasteiger partial charge in [-0.3, -0.25) is 14.6 Å². The molecule has 0 aliphatic heterocycles. The quantitative estimate of drug-likeness (QED) is 0.346. The fourth-order valence-corrected chi connectivity index (χ4v) is 2.81. The van der Waals surface area contributed by atoms with Gasteiger partial charge in [-0.1, -0.05) is 23.2 Å². The summed E-state index contributed by atoms with van der Waals surface area (Å²) in [6.07, 6.45) is 0. The van der Waals surface area contributed by atoms with Crippen molar-refractivity contribution >= 4 is 52.3 Å². The number of benzene rings is 2. The maximum absolute atomic E-state index is 12.6. The van der Waals surface area contributed by atoms with E-state index in [2.05, 4.69) is 10.3 Å². The first kappa shape index (κ1) is 20.7. The molecular formula is C19H19Cl2N3O3. The third kappa shape index (κ3) is 5.21. The summed E-state index contributed by atoms with van der Waals surface area (Å²) in [5.74, 6) is -0.264. The van der Waals surface area contributed by atoms with Gasteiger partial charge in [0.1, 0.15) is 0 Å². The van der Waals surface area contributed by atoms with Crippen LogP contribution >= 0.6 is 23.2 Å². The zero-order valence-corrected chi connectivity index (χ0v) is 16.9. The molecule has 0 bridgehead atoms. The normalized spacial score (nSPS) is 11.1. The fraction of sp³-hybridized carbons (Fsp3) is 0.211. The number of hydrogen-bond donors (Lipinski definition) is 1. The van der Waals surface area contributed by atoms with E-state index in [1.54, 1.807) is 19.2 Å². The first-order valence-corrected chi connectivity index (χ1v) is 8.74. The highest BCUT2D eigenvalue weighted by Crippen LogP contribution is 2.33. The molecule has 2 aromatic rings. The number of ether oxygens (including phenoxy) is 1. The van der Waals surface area contributed by atoms with Crippen LogP contribution in [0.2, 0.25) is 10.0 Å². The second-order valence-corrected chi connectivity index (χ2v) is 6.53. The highest BCUT2D eigenvalue weighted by atomic mass is 35.5. The predicted octanol–water partition coefficient (Wildman–Crippen LogP) is 4.66. The highest BCUT2D eigenvalue weighted by molar-refractivity contribution is 6.36. The molecule has 27 heavy (non-hydrogen) atoms. The summed E-state index contributed by atoms with van der Waals surface area (Å²) in [7, 11) is 3.62. The van der Waals surface area contributed by atoms with Crippen molar-refractivity contribution in [3.8, 4) is 5.75 Å². The van der Waals surface area contributed by atoms with Gasteiger partial charge >= 0.3 is 5.97 Å². The van der Waals surface area contributed by atoms with Gasteiger partial charge in [0.2, 0.25) is 0 Å². The topological polar surface area (TPSA) is 71.0 Å². The molecule has 0 radical (unpaired) electrons. The molecule has 0 saturated heterocycles. The van der Waals surface area contributed by atoms with E-state index in [1.165, 1.54) is 19.1 Å². The molecule has 1 N–H and O–H groups in total. The SMILES string of the molecule is CN=C(C)N(C)c1ccc(NC(=O)c2cc(Cl)cc(Cl)c2OC(C)=O)cc1. The summed E-state index contributed by atoms with van der Waals surface area (Å²) >= 11 is 12.0. The molecule has 6 nitrogen and oxygen atoms in total. The van der Waals surface area contributed by atoms with Crippen LogP contribution in [0.5, 0.6) is 5.75 Å². The number of nitrogens with one attached hydrogen (secondary N) is 1. The Labute approximate surface area is 167 Å². The minimum absolute atomic E-state index is 0.0304. The summed E-state index contributed by atoms with van der Waals surface area (Å²) in [5, 5.41) is 3.07. The number of esters is 1. The molecule has 0 unspecified atom stereocenters. The zero-order chi connectivity index (χ0) is 20.1. The van der Waals surface area contributed by atoms with Crippen LogP contribution in [-0.4, -0.2) is 31.8 Å². The zero-order valence-electron chi connectivity index (χ0n) is 15.3. The Balaban J connectivity index is 2.26. The Bertz CT molecular complexity index is 896. The van der Waals surface area contributed by atoms with Crippen molar-refractivity contribution in [2.75, 3.05) is 24.3 Å². The maximum atomic E-state index is 12.6. The molecule has 0 atom stereocenters. The monoisotopic (exact) mass is 407 g/mol. The van der Waals surface area contributed by atoms with E-state index in [9.17, 15) is 9.59 Å². The van der Waals surface area contributed by atoms with Crippen LogP contribution in [0.15, 0.2) is 41.4 Å². The molecule has 8 heteroatoms. The van der Waals surface area contributed by atoms with Crippen molar-refractivity contribution in [1.29, 1.82) is 0 Å². The van der Waals surface area contributed by atoms with Crippen molar-refractivity contribution in [2.45, 2.75) is 13.8 Å². The standard InChI is InChI=1S/C19H19Cl2N3O3/c1-11(22-3)24(4)15-7-5-14(6-8-15)23-19(26)16-9-13(20)10-17(21)18(16)27-12(2)25/h5-10H,1-4H3,(H,23,26).